The van der Waals surface area contributed by atoms with Crippen molar-refractivity contribution in [3.05, 3.63) is 36.7 Å². The predicted octanol–water partition coefficient (Wildman–Crippen LogP) is 1.62. The minimum Gasteiger partial charge on any atom is -0.326 e. The summed E-state index contributed by atoms with van der Waals surface area (Å²) in [4.78, 5) is 4.36. The summed E-state index contributed by atoms with van der Waals surface area (Å²) in [6.07, 6.45) is 3.28. The largest absolute Gasteiger partial charge is 0.326 e. The van der Waals surface area contributed by atoms with Gasteiger partial charge in [0.15, 0.2) is 0 Å². The Bertz CT molecular complexity index is 735. The lowest BCUT2D eigenvalue weighted by Gasteiger charge is -2.17. The van der Waals surface area contributed by atoms with Gasteiger partial charge in [-0.1, -0.05) is 19.1 Å². The van der Waals surface area contributed by atoms with Gasteiger partial charge < -0.3 is 5.73 Å². The minimum atomic E-state index is -3.51. The number of halogens is 1. The fourth-order valence-electron chi connectivity index (χ4n) is 2.60. The molecule has 0 amide bonds. The Morgan fingerprint density at radius 2 is 2.05 bits per heavy atom. The van der Waals surface area contributed by atoms with Gasteiger partial charge in [0.05, 0.1) is 4.90 Å². The maximum atomic E-state index is 12.8. The van der Waals surface area contributed by atoms with Crippen molar-refractivity contribution in [1.29, 1.82) is 0 Å². The zero-order valence-corrected chi connectivity index (χ0v) is 13.3. The number of aromatic nitrogens is 1. The number of hydrogen-bond acceptors (Lipinski definition) is 4. The van der Waals surface area contributed by atoms with Gasteiger partial charge in [-0.2, -0.15) is 4.31 Å². The number of nitrogens with two attached hydrogens (primary N) is 1. The maximum absolute atomic E-state index is 12.8. The molecule has 1 saturated heterocycles. The van der Waals surface area contributed by atoms with Gasteiger partial charge >= 0.3 is 0 Å². The third-order valence-corrected chi connectivity index (χ3v) is 5.79. The lowest BCUT2D eigenvalue weighted by Crippen LogP contribution is -2.32. The van der Waals surface area contributed by atoms with E-state index in [0.29, 0.717) is 23.4 Å². The Morgan fingerprint density at radius 1 is 1.29 bits per heavy atom. The summed E-state index contributed by atoms with van der Waals surface area (Å²) in [6.45, 7) is 2.84. The topological polar surface area (TPSA) is 76.3 Å². The maximum Gasteiger partial charge on any atom is 0.243 e. The van der Waals surface area contributed by atoms with Crippen molar-refractivity contribution in [2.45, 2.75) is 17.9 Å². The molecule has 2 heterocycles. The fourth-order valence-corrected chi connectivity index (χ4v) is 4.39. The van der Waals surface area contributed by atoms with Crippen LogP contribution in [0, 0.1) is 5.92 Å². The Kier molecular flexibility index (Phi) is 4.53. The number of fused-ring (bicyclic) bond motifs is 1. The third kappa shape index (κ3) is 2.76. The van der Waals surface area contributed by atoms with Crippen molar-refractivity contribution >= 4 is 33.2 Å². The molecular formula is C14H18ClN3O2S. The van der Waals surface area contributed by atoms with Crippen LogP contribution in [0.15, 0.2) is 41.6 Å². The van der Waals surface area contributed by atoms with Crippen LogP contribution in [0.5, 0.6) is 0 Å². The summed E-state index contributed by atoms with van der Waals surface area (Å²) < 4.78 is 27.1. The van der Waals surface area contributed by atoms with Crippen LogP contribution >= 0.6 is 12.4 Å². The standard InChI is InChI=1S/C14H17N3O2S.ClH/c1-10-8-17(9-13(10)15)20(18,19)14-4-2-3-11-7-16-6-5-12(11)14;/h2-7,10,13H,8-9,15H2,1H3;1H. The Hall–Kier alpha value is -1.21. The van der Waals surface area contributed by atoms with E-state index in [1.807, 2.05) is 13.0 Å². The van der Waals surface area contributed by atoms with E-state index in [1.54, 1.807) is 30.6 Å². The molecular weight excluding hydrogens is 310 g/mol. The average Bonchev–Trinajstić information content (AvgIpc) is 2.79. The lowest BCUT2D eigenvalue weighted by atomic mass is 10.1. The zero-order chi connectivity index (χ0) is 14.3. The molecule has 0 aliphatic carbocycles. The fraction of sp³-hybridized carbons (Fsp3) is 0.357. The van der Waals surface area contributed by atoms with Crippen LogP contribution in [0.25, 0.3) is 10.8 Å². The third-order valence-electron chi connectivity index (χ3n) is 3.90. The van der Waals surface area contributed by atoms with Crippen LogP contribution in [-0.2, 0) is 10.0 Å². The van der Waals surface area contributed by atoms with Crippen LogP contribution < -0.4 is 5.73 Å². The van der Waals surface area contributed by atoms with E-state index in [1.165, 1.54) is 4.31 Å². The number of rotatable bonds is 2. The second-order valence-corrected chi connectivity index (χ2v) is 7.22. The first kappa shape index (κ1) is 16.2. The van der Waals surface area contributed by atoms with Crippen molar-refractivity contribution < 1.29 is 8.42 Å². The molecule has 1 fully saturated rings. The first-order valence-corrected chi connectivity index (χ1v) is 8.02. The van der Waals surface area contributed by atoms with Gasteiger partial charge in [-0.3, -0.25) is 4.98 Å². The molecule has 1 aromatic heterocycles. The van der Waals surface area contributed by atoms with Crippen LogP contribution in [-0.4, -0.2) is 36.8 Å². The quantitative estimate of drug-likeness (QED) is 0.909. The van der Waals surface area contributed by atoms with Crippen LogP contribution in [0.2, 0.25) is 0 Å². The van der Waals surface area contributed by atoms with Gasteiger partial charge in [-0.15, -0.1) is 12.4 Å². The Balaban J connectivity index is 0.00000161. The van der Waals surface area contributed by atoms with Crippen LogP contribution in [0.3, 0.4) is 0 Å². The molecule has 1 aromatic carbocycles. The number of hydrogen-bond donors (Lipinski definition) is 1. The molecule has 5 nitrogen and oxygen atoms in total. The van der Waals surface area contributed by atoms with Crippen LogP contribution in [0.4, 0.5) is 0 Å². The van der Waals surface area contributed by atoms with E-state index in [4.69, 9.17) is 5.73 Å². The second-order valence-electron chi connectivity index (χ2n) is 5.32. The Morgan fingerprint density at radius 3 is 2.71 bits per heavy atom. The number of nitrogens with zero attached hydrogens (tertiary/aromatic N) is 2. The number of sulfonamides is 1. The molecule has 0 bridgehead atoms. The highest BCUT2D eigenvalue weighted by Crippen LogP contribution is 2.28. The van der Waals surface area contributed by atoms with Crippen molar-refractivity contribution in [3.63, 3.8) is 0 Å². The Labute approximate surface area is 130 Å². The lowest BCUT2D eigenvalue weighted by molar-refractivity contribution is 0.465. The van der Waals surface area contributed by atoms with E-state index in [-0.39, 0.29) is 24.4 Å². The average molecular weight is 328 g/mol. The first-order valence-electron chi connectivity index (χ1n) is 6.58. The van der Waals surface area contributed by atoms with Gasteiger partial charge in [0, 0.05) is 42.3 Å². The van der Waals surface area contributed by atoms with Crippen molar-refractivity contribution in [1.82, 2.24) is 9.29 Å². The smallest absolute Gasteiger partial charge is 0.243 e. The highest BCUT2D eigenvalue weighted by molar-refractivity contribution is 7.89. The van der Waals surface area contributed by atoms with Crippen molar-refractivity contribution in [2.24, 2.45) is 11.7 Å². The van der Waals surface area contributed by atoms with Gasteiger partial charge in [0.1, 0.15) is 0 Å². The van der Waals surface area contributed by atoms with Gasteiger partial charge in [0.25, 0.3) is 0 Å². The summed E-state index contributed by atoms with van der Waals surface area (Å²) in [6, 6.07) is 6.89. The van der Waals surface area contributed by atoms with E-state index in [9.17, 15) is 8.42 Å². The first-order chi connectivity index (χ1) is 9.50. The highest BCUT2D eigenvalue weighted by atomic mass is 35.5. The molecule has 21 heavy (non-hydrogen) atoms. The molecule has 2 atom stereocenters. The molecule has 0 radical (unpaired) electrons. The molecule has 1 aliphatic rings. The molecule has 2 N–H and O–H groups in total. The van der Waals surface area contributed by atoms with Crippen molar-refractivity contribution in [2.75, 3.05) is 13.1 Å². The monoisotopic (exact) mass is 327 g/mol. The molecule has 2 unspecified atom stereocenters. The molecule has 1 aliphatic heterocycles. The van der Waals surface area contributed by atoms with E-state index in [0.717, 1.165) is 5.39 Å². The SMILES string of the molecule is CC1CN(S(=O)(=O)c2cccc3cnccc23)CC1N.Cl. The normalized spacial score (nSPS) is 23.1. The van der Waals surface area contributed by atoms with E-state index >= 15 is 0 Å². The van der Waals surface area contributed by atoms with Crippen LogP contribution in [0.1, 0.15) is 6.92 Å². The van der Waals surface area contributed by atoms with E-state index in [2.05, 4.69) is 4.98 Å². The molecule has 2 aromatic rings. The van der Waals surface area contributed by atoms with Gasteiger partial charge in [-0.05, 0) is 18.1 Å². The second kappa shape index (κ2) is 5.88. The molecule has 0 saturated carbocycles. The summed E-state index contributed by atoms with van der Waals surface area (Å²) in [5.41, 5.74) is 5.94. The zero-order valence-electron chi connectivity index (χ0n) is 11.6. The van der Waals surface area contributed by atoms with E-state index < -0.39 is 10.0 Å². The summed E-state index contributed by atoms with van der Waals surface area (Å²) in [5, 5.41) is 1.53. The van der Waals surface area contributed by atoms with Crippen molar-refractivity contribution in [3.8, 4) is 0 Å². The number of pyridine rings is 1. The predicted molar refractivity (Wildman–Crippen MR) is 84.9 cm³/mol. The minimum absolute atomic E-state index is 0. The molecule has 7 heteroatoms. The summed E-state index contributed by atoms with van der Waals surface area (Å²) >= 11 is 0. The number of benzene rings is 1. The summed E-state index contributed by atoms with van der Waals surface area (Å²) in [5.74, 6) is 0.182. The molecule has 0 spiro atoms. The van der Waals surface area contributed by atoms with Gasteiger partial charge in [0.2, 0.25) is 10.0 Å². The molecule has 114 valence electrons. The summed E-state index contributed by atoms with van der Waals surface area (Å²) in [7, 11) is -3.51. The highest BCUT2D eigenvalue weighted by Gasteiger charge is 2.35. The molecule has 3 rings (SSSR count). The van der Waals surface area contributed by atoms with Gasteiger partial charge in [-0.25, -0.2) is 8.42 Å².